The summed E-state index contributed by atoms with van der Waals surface area (Å²) in [6, 6.07) is 16.2. The molecular weight excluding hydrogens is 430 g/mol. The van der Waals surface area contributed by atoms with Crippen LogP contribution in [0.3, 0.4) is 0 Å². The van der Waals surface area contributed by atoms with E-state index >= 15 is 0 Å². The molecule has 0 spiro atoms. The number of hydrogen-bond donors (Lipinski definition) is 1. The molecule has 0 aromatic heterocycles. The van der Waals surface area contributed by atoms with Crippen LogP contribution in [0.15, 0.2) is 54.6 Å². The number of ether oxygens (including phenoxy) is 3. The number of hydrogen-bond acceptors (Lipinski definition) is 5. The van der Waals surface area contributed by atoms with Gasteiger partial charge in [0.25, 0.3) is 0 Å². The Labute approximate surface area is 193 Å². The molecule has 0 saturated carbocycles. The number of carbonyl (C=O) groups excluding carboxylic acids is 1. The summed E-state index contributed by atoms with van der Waals surface area (Å²) in [4.78, 5) is 14.7. The van der Waals surface area contributed by atoms with E-state index in [4.69, 9.17) is 9.47 Å². The average molecular weight is 463 g/mol. The number of alkyl carbamates (subject to hydrolysis) is 1. The zero-order chi connectivity index (χ0) is 23.8. The third-order valence-corrected chi connectivity index (χ3v) is 5.28. The molecule has 0 unspecified atom stereocenters. The first-order chi connectivity index (χ1) is 15.7. The molecule has 3 rings (SSSR count). The highest BCUT2D eigenvalue weighted by molar-refractivity contribution is 5.68. The van der Waals surface area contributed by atoms with Gasteiger partial charge >= 0.3 is 12.7 Å². The van der Waals surface area contributed by atoms with Gasteiger partial charge in [-0.05, 0) is 57.0 Å². The molecule has 1 heterocycles. The predicted molar refractivity (Wildman–Crippen MR) is 122 cm³/mol. The largest absolute Gasteiger partial charge is 0.493 e. The number of nitrogens with zero attached hydrogens (tertiary/aromatic N) is 1. The molecule has 180 valence electrons. The first kappa shape index (κ1) is 24.8. The molecule has 8 heteroatoms. The summed E-state index contributed by atoms with van der Waals surface area (Å²) in [7, 11) is 0. The molecular formula is C25H32F2N2O4. The Morgan fingerprint density at radius 3 is 2.39 bits per heavy atom. The minimum Gasteiger partial charge on any atom is -0.493 e. The highest BCUT2D eigenvalue weighted by atomic mass is 19.3. The van der Waals surface area contributed by atoms with Crippen molar-refractivity contribution in [2.75, 3.05) is 19.7 Å². The van der Waals surface area contributed by atoms with Crippen molar-refractivity contribution >= 4 is 6.09 Å². The van der Waals surface area contributed by atoms with Crippen LogP contribution in [0.25, 0.3) is 0 Å². The van der Waals surface area contributed by atoms with E-state index in [1.165, 1.54) is 17.7 Å². The van der Waals surface area contributed by atoms with Crippen LogP contribution in [-0.2, 0) is 11.3 Å². The van der Waals surface area contributed by atoms with Crippen molar-refractivity contribution in [3.63, 3.8) is 0 Å². The van der Waals surface area contributed by atoms with Gasteiger partial charge in [-0.3, -0.25) is 4.90 Å². The Bertz CT molecular complexity index is 872. The van der Waals surface area contributed by atoms with Gasteiger partial charge in [0.2, 0.25) is 0 Å². The van der Waals surface area contributed by atoms with Crippen LogP contribution in [0, 0.1) is 5.92 Å². The summed E-state index contributed by atoms with van der Waals surface area (Å²) < 4.78 is 40.5. The molecule has 0 radical (unpaired) electrons. The number of alkyl halides is 2. The highest BCUT2D eigenvalue weighted by Crippen LogP contribution is 2.24. The zero-order valence-corrected chi connectivity index (χ0v) is 19.3. The monoisotopic (exact) mass is 462 g/mol. The quantitative estimate of drug-likeness (QED) is 0.593. The van der Waals surface area contributed by atoms with Crippen LogP contribution in [0.2, 0.25) is 0 Å². The molecule has 6 nitrogen and oxygen atoms in total. The number of amides is 1. The lowest BCUT2D eigenvalue weighted by Crippen LogP contribution is -2.53. The molecule has 1 aliphatic rings. The second-order valence-electron chi connectivity index (χ2n) is 9.18. The van der Waals surface area contributed by atoms with Crippen LogP contribution in [-0.4, -0.2) is 48.9 Å². The molecule has 2 atom stereocenters. The van der Waals surface area contributed by atoms with Gasteiger partial charge in [-0.2, -0.15) is 8.78 Å². The lowest BCUT2D eigenvalue weighted by molar-refractivity contribution is -0.0499. The SMILES string of the molecule is CC(C)(C)OC(=O)N[C@@H]1CCN(Cc2ccccc2)C[C@H]1COc1ccc(OC(F)F)cc1. The van der Waals surface area contributed by atoms with Gasteiger partial charge in [0.15, 0.2) is 0 Å². The zero-order valence-electron chi connectivity index (χ0n) is 19.3. The second kappa shape index (κ2) is 11.3. The third-order valence-electron chi connectivity index (χ3n) is 5.28. The maximum Gasteiger partial charge on any atom is 0.407 e. The molecule has 1 amide bonds. The molecule has 1 saturated heterocycles. The number of piperidine rings is 1. The average Bonchev–Trinajstić information content (AvgIpc) is 2.74. The molecule has 2 aromatic rings. The van der Waals surface area contributed by atoms with E-state index in [1.54, 1.807) is 12.1 Å². The summed E-state index contributed by atoms with van der Waals surface area (Å²) in [5, 5.41) is 3.01. The minimum atomic E-state index is -2.87. The Hall–Kier alpha value is -2.87. The molecule has 0 aliphatic carbocycles. The molecule has 1 fully saturated rings. The molecule has 2 aromatic carbocycles. The lowest BCUT2D eigenvalue weighted by atomic mass is 9.92. The van der Waals surface area contributed by atoms with E-state index in [2.05, 4.69) is 27.1 Å². The van der Waals surface area contributed by atoms with Gasteiger partial charge in [-0.25, -0.2) is 4.79 Å². The van der Waals surface area contributed by atoms with E-state index in [9.17, 15) is 13.6 Å². The van der Waals surface area contributed by atoms with Gasteiger partial charge in [-0.1, -0.05) is 30.3 Å². The number of carbonyl (C=O) groups is 1. The fourth-order valence-electron chi connectivity index (χ4n) is 3.83. The number of nitrogens with one attached hydrogen (secondary N) is 1. The normalized spacial score (nSPS) is 19.2. The van der Waals surface area contributed by atoms with Crippen molar-refractivity contribution in [1.29, 1.82) is 0 Å². The fraction of sp³-hybridized carbons (Fsp3) is 0.480. The highest BCUT2D eigenvalue weighted by Gasteiger charge is 2.32. The number of halogens is 2. The molecule has 33 heavy (non-hydrogen) atoms. The number of likely N-dealkylation sites (tertiary alicyclic amines) is 1. The van der Waals surface area contributed by atoms with E-state index in [0.717, 1.165) is 26.1 Å². The first-order valence-electron chi connectivity index (χ1n) is 11.1. The number of rotatable bonds is 8. The van der Waals surface area contributed by atoms with E-state index in [-0.39, 0.29) is 17.7 Å². The number of benzene rings is 2. The summed E-state index contributed by atoms with van der Waals surface area (Å²) in [6.07, 6.45) is 0.323. The smallest absolute Gasteiger partial charge is 0.407 e. The lowest BCUT2D eigenvalue weighted by Gasteiger charge is -2.39. The van der Waals surface area contributed by atoms with Crippen molar-refractivity contribution in [3.05, 3.63) is 60.2 Å². The van der Waals surface area contributed by atoms with Gasteiger partial charge in [-0.15, -0.1) is 0 Å². The third kappa shape index (κ3) is 8.53. The Morgan fingerprint density at radius 1 is 1.09 bits per heavy atom. The van der Waals surface area contributed by atoms with Gasteiger partial charge < -0.3 is 19.5 Å². The maximum atomic E-state index is 12.4. The summed E-state index contributed by atoms with van der Waals surface area (Å²) in [6.45, 7) is 5.38. The first-order valence-corrected chi connectivity index (χ1v) is 11.1. The van der Waals surface area contributed by atoms with Gasteiger partial charge in [0, 0.05) is 31.6 Å². The minimum absolute atomic E-state index is 0.0203. The van der Waals surface area contributed by atoms with Crippen molar-refractivity contribution in [1.82, 2.24) is 10.2 Å². The fourth-order valence-corrected chi connectivity index (χ4v) is 3.83. The van der Waals surface area contributed by atoms with Crippen molar-refractivity contribution < 1.29 is 27.8 Å². The van der Waals surface area contributed by atoms with Crippen molar-refractivity contribution in [3.8, 4) is 11.5 Å². The Kier molecular flexibility index (Phi) is 8.49. The standard InChI is InChI=1S/C25H32F2N2O4/c1-25(2,3)33-24(30)28-22-13-14-29(15-18-7-5-4-6-8-18)16-19(22)17-31-20-9-11-21(12-10-20)32-23(26)27/h4-12,19,22-23H,13-17H2,1-3H3,(H,28,30)/t19-,22+/m0/s1. The van der Waals surface area contributed by atoms with Crippen molar-refractivity contribution in [2.45, 2.75) is 52.0 Å². The van der Waals surface area contributed by atoms with Crippen LogP contribution in [0.4, 0.5) is 13.6 Å². The van der Waals surface area contributed by atoms with Crippen LogP contribution >= 0.6 is 0 Å². The van der Waals surface area contributed by atoms with Crippen LogP contribution < -0.4 is 14.8 Å². The van der Waals surface area contributed by atoms with E-state index in [1.807, 2.05) is 39.0 Å². The summed E-state index contributed by atoms with van der Waals surface area (Å²) >= 11 is 0. The predicted octanol–water partition coefficient (Wildman–Crippen LogP) is 5.08. The second-order valence-corrected chi connectivity index (χ2v) is 9.18. The van der Waals surface area contributed by atoms with Gasteiger partial charge in [0.1, 0.15) is 17.1 Å². The molecule has 0 bridgehead atoms. The maximum absolute atomic E-state index is 12.4. The van der Waals surface area contributed by atoms with Gasteiger partial charge in [0.05, 0.1) is 6.61 Å². The Morgan fingerprint density at radius 2 is 1.76 bits per heavy atom. The summed E-state index contributed by atoms with van der Waals surface area (Å²) in [5.41, 5.74) is 0.650. The van der Waals surface area contributed by atoms with Crippen LogP contribution in [0.5, 0.6) is 11.5 Å². The van der Waals surface area contributed by atoms with Crippen LogP contribution in [0.1, 0.15) is 32.8 Å². The molecule has 1 N–H and O–H groups in total. The van der Waals surface area contributed by atoms with E-state index < -0.39 is 18.3 Å². The Balaban J connectivity index is 1.63. The topological polar surface area (TPSA) is 60.0 Å². The van der Waals surface area contributed by atoms with E-state index in [0.29, 0.717) is 12.4 Å². The molecule has 1 aliphatic heterocycles. The van der Waals surface area contributed by atoms with Crippen molar-refractivity contribution in [2.24, 2.45) is 5.92 Å². The summed E-state index contributed by atoms with van der Waals surface area (Å²) in [5.74, 6) is 0.647.